The number of nitrogens with two attached hydrogens (primary N) is 2. The average Bonchev–Trinajstić information content (AvgIpc) is 2.38. The number of primary amides is 1. The zero-order valence-corrected chi connectivity index (χ0v) is 12.8. The van der Waals surface area contributed by atoms with Gasteiger partial charge in [0.2, 0.25) is 11.8 Å². The average molecular weight is 300 g/mol. The number of anilines is 1. The molecular formula is C14H22ClN3O2. The predicted octanol–water partition coefficient (Wildman–Crippen LogP) is 1.83. The van der Waals surface area contributed by atoms with Gasteiger partial charge in [-0.15, -0.1) is 12.4 Å². The molecule has 0 aliphatic heterocycles. The maximum absolute atomic E-state index is 12.0. The fraction of sp³-hybridized carbons (Fsp3) is 0.429. The molecule has 0 bridgehead atoms. The van der Waals surface area contributed by atoms with E-state index in [0.29, 0.717) is 11.3 Å². The number of benzene rings is 1. The lowest BCUT2D eigenvalue weighted by Crippen LogP contribution is -2.40. The summed E-state index contributed by atoms with van der Waals surface area (Å²) in [6, 6.07) is 4.37. The molecule has 5 N–H and O–H groups in total. The summed E-state index contributed by atoms with van der Waals surface area (Å²) in [7, 11) is 0. The number of nitrogens with one attached hydrogen (secondary N) is 1. The lowest BCUT2D eigenvalue weighted by Gasteiger charge is -2.18. The van der Waals surface area contributed by atoms with Crippen LogP contribution in [0.15, 0.2) is 18.2 Å². The smallest absolute Gasteiger partial charge is 0.248 e. The molecule has 1 aromatic rings. The van der Waals surface area contributed by atoms with Crippen molar-refractivity contribution < 1.29 is 9.59 Å². The topological polar surface area (TPSA) is 98.2 Å². The van der Waals surface area contributed by atoms with Gasteiger partial charge in [-0.3, -0.25) is 9.59 Å². The molecule has 0 saturated carbocycles. The monoisotopic (exact) mass is 299 g/mol. The number of carbonyl (C=O) groups is 2. The second-order valence-corrected chi connectivity index (χ2v) is 4.79. The molecule has 1 rings (SSSR count). The van der Waals surface area contributed by atoms with Gasteiger partial charge in [0.25, 0.3) is 0 Å². The third-order valence-corrected chi connectivity index (χ3v) is 3.34. The largest absolute Gasteiger partial charge is 0.366 e. The number of rotatable bonds is 5. The Balaban J connectivity index is 0.00000361. The number of aryl methyl sites for hydroxylation is 1. The highest BCUT2D eigenvalue weighted by Gasteiger charge is 2.20. The molecule has 6 heteroatoms. The van der Waals surface area contributed by atoms with E-state index in [4.69, 9.17) is 11.5 Å². The first kappa shape index (κ1) is 18.4. The lowest BCUT2D eigenvalue weighted by molar-refractivity contribution is -0.118. The van der Waals surface area contributed by atoms with Gasteiger partial charge >= 0.3 is 0 Å². The van der Waals surface area contributed by atoms with Crippen LogP contribution in [0.5, 0.6) is 0 Å². The normalized spacial score (nSPS) is 13.0. The maximum Gasteiger partial charge on any atom is 0.248 e. The Labute approximate surface area is 125 Å². The quantitative estimate of drug-likeness (QED) is 0.773. The van der Waals surface area contributed by atoms with Crippen LogP contribution in [-0.4, -0.2) is 17.9 Å². The van der Waals surface area contributed by atoms with E-state index < -0.39 is 11.9 Å². The van der Waals surface area contributed by atoms with Crippen LogP contribution in [0.1, 0.15) is 36.2 Å². The van der Waals surface area contributed by atoms with Crippen LogP contribution >= 0.6 is 12.4 Å². The molecule has 0 radical (unpaired) electrons. The molecule has 0 aromatic heterocycles. The first-order chi connectivity index (χ1) is 8.86. The van der Waals surface area contributed by atoms with Crippen LogP contribution in [0.25, 0.3) is 0 Å². The SMILES string of the molecule is CCC(C)C(N)C(=O)Nc1cc(C(N)=O)ccc1C.Cl. The first-order valence-electron chi connectivity index (χ1n) is 6.33. The fourth-order valence-electron chi connectivity index (χ4n) is 1.64. The molecule has 2 amide bonds. The van der Waals surface area contributed by atoms with Crippen LogP contribution in [0.3, 0.4) is 0 Å². The van der Waals surface area contributed by atoms with Crippen LogP contribution in [0.2, 0.25) is 0 Å². The highest BCUT2D eigenvalue weighted by molar-refractivity contribution is 5.98. The molecule has 0 saturated heterocycles. The summed E-state index contributed by atoms with van der Waals surface area (Å²) in [4.78, 5) is 23.1. The molecular weight excluding hydrogens is 278 g/mol. The Kier molecular flexibility index (Phi) is 7.24. The van der Waals surface area contributed by atoms with Crippen LogP contribution in [0.4, 0.5) is 5.69 Å². The standard InChI is InChI=1S/C14H21N3O2.ClH/c1-4-8(2)12(15)14(19)17-11-7-10(13(16)18)6-5-9(11)3;/h5-8,12H,4,15H2,1-3H3,(H2,16,18)(H,17,19);1H. The van der Waals surface area contributed by atoms with Gasteiger partial charge in [-0.05, 0) is 30.5 Å². The van der Waals surface area contributed by atoms with Crippen molar-refractivity contribution in [2.24, 2.45) is 17.4 Å². The molecule has 0 aliphatic rings. The highest BCUT2D eigenvalue weighted by Crippen LogP contribution is 2.18. The lowest BCUT2D eigenvalue weighted by atomic mass is 9.99. The summed E-state index contributed by atoms with van der Waals surface area (Å²) >= 11 is 0. The van der Waals surface area contributed by atoms with Crippen LogP contribution < -0.4 is 16.8 Å². The minimum atomic E-state index is -0.568. The molecule has 20 heavy (non-hydrogen) atoms. The second-order valence-electron chi connectivity index (χ2n) is 4.79. The van der Waals surface area contributed by atoms with Crippen LogP contribution in [-0.2, 0) is 4.79 Å². The number of hydrogen-bond acceptors (Lipinski definition) is 3. The zero-order chi connectivity index (χ0) is 14.6. The molecule has 2 unspecified atom stereocenters. The van der Waals surface area contributed by atoms with Gasteiger partial charge in [0.15, 0.2) is 0 Å². The van der Waals surface area contributed by atoms with Gasteiger partial charge in [0.05, 0.1) is 6.04 Å². The third-order valence-electron chi connectivity index (χ3n) is 3.34. The Morgan fingerprint density at radius 2 is 1.95 bits per heavy atom. The molecule has 5 nitrogen and oxygen atoms in total. The van der Waals surface area contributed by atoms with Gasteiger partial charge in [0.1, 0.15) is 0 Å². The highest BCUT2D eigenvalue weighted by atomic mass is 35.5. The Bertz CT molecular complexity index is 491. The van der Waals surface area contributed by atoms with Gasteiger partial charge in [-0.2, -0.15) is 0 Å². The van der Waals surface area contributed by atoms with Crippen molar-refractivity contribution in [3.05, 3.63) is 29.3 Å². The van der Waals surface area contributed by atoms with Gasteiger partial charge in [-0.1, -0.05) is 26.3 Å². The minimum Gasteiger partial charge on any atom is -0.366 e. The van der Waals surface area contributed by atoms with Gasteiger partial charge < -0.3 is 16.8 Å². The van der Waals surface area contributed by atoms with Crippen molar-refractivity contribution in [3.8, 4) is 0 Å². The minimum absolute atomic E-state index is 0. The second kappa shape index (κ2) is 7.87. The molecule has 0 fully saturated rings. The fourth-order valence-corrected chi connectivity index (χ4v) is 1.64. The van der Waals surface area contributed by atoms with Crippen molar-refractivity contribution in [2.45, 2.75) is 33.2 Å². The Morgan fingerprint density at radius 3 is 2.45 bits per heavy atom. The summed E-state index contributed by atoms with van der Waals surface area (Å²) in [5.41, 5.74) is 12.9. The molecule has 2 atom stereocenters. The van der Waals surface area contributed by atoms with Crippen molar-refractivity contribution in [1.29, 1.82) is 0 Å². The van der Waals surface area contributed by atoms with E-state index in [-0.39, 0.29) is 24.2 Å². The van der Waals surface area contributed by atoms with E-state index in [1.165, 1.54) is 0 Å². The van der Waals surface area contributed by atoms with Gasteiger partial charge in [-0.25, -0.2) is 0 Å². The number of halogens is 1. The third kappa shape index (κ3) is 4.51. The van der Waals surface area contributed by atoms with E-state index in [1.807, 2.05) is 20.8 Å². The number of amides is 2. The molecule has 1 aromatic carbocycles. The summed E-state index contributed by atoms with van der Waals surface area (Å²) in [6.45, 7) is 5.75. The van der Waals surface area contributed by atoms with Crippen LogP contribution in [0, 0.1) is 12.8 Å². The van der Waals surface area contributed by atoms with Gasteiger partial charge in [0, 0.05) is 11.3 Å². The summed E-state index contributed by atoms with van der Waals surface area (Å²) in [5, 5.41) is 2.75. The van der Waals surface area contributed by atoms with Crippen molar-refractivity contribution in [2.75, 3.05) is 5.32 Å². The molecule has 0 spiro atoms. The van der Waals surface area contributed by atoms with Crippen molar-refractivity contribution in [1.82, 2.24) is 0 Å². The summed E-state index contributed by atoms with van der Waals surface area (Å²) in [5.74, 6) is -0.680. The van der Waals surface area contributed by atoms with E-state index in [9.17, 15) is 9.59 Å². The zero-order valence-electron chi connectivity index (χ0n) is 12.0. The summed E-state index contributed by atoms with van der Waals surface area (Å²) < 4.78 is 0. The van der Waals surface area contributed by atoms with E-state index >= 15 is 0 Å². The number of hydrogen-bond donors (Lipinski definition) is 3. The predicted molar refractivity (Wildman–Crippen MR) is 83.0 cm³/mol. The molecule has 112 valence electrons. The van der Waals surface area contributed by atoms with Crippen molar-refractivity contribution >= 4 is 29.9 Å². The molecule has 0 aliphatic carbocycles. The number of carbonyl (C=O) groups excluding carboxylic acids is 2. The Morgan fingerprint density at radius 1 is 1.35 bits per heavy atom. The Hall–Kier alpha value is -1.59. The van der Waals surface area contributed by atoms with E-state index in [2.05, 4.69) is 5.32 Å². The molecule has 0 heterocycles. The summed E-state index contributed by atoms with van der Waals surface area (Å²) in [6.07, 6.45) is 0.828. The van der Waals surface area contributed by atoms with E-state index in [0.717, 1.165) is 12.0 Å². The first-order valence-corrected chi connectivity index (χ1v) is 6.33. The van der Waals surface area contributed by atoms with E-state index in [1.54, 1.807) is 18.2 Å². The maximum atomic E-state index is 12.0. The van der Waals surface area contributed by atoms with Crippen molar-refractivity contribution in [3.63, 3.8) is 0 Å².